The third-order valence-corrected chi connectivity index (χ3v) is 11.8. The highest BCUT2D eigenvalue weighted by Crippen LogP contribution is 2.48. The van der Waals surface area contributed by atoms with Gasteiger partial charge in [-0.2, -0.15) is 0 Å². The average Bonchev–Trinajstić information content (AvgIpc) is 2.97. The van der Waals surface area contributed by atoms with E-state index in [1.807, 2.05) is 31.8 Å². The van der Waals surface area contributed by atoms with Gasteiger partial charge in [0.15, 0.2) is 14.1 Å². The first-order chi connectivity index (χ1) is 11.9. The summed E-state index contributed by atoms with van der Waals surface area (Å²) in [6.45, 7) is 19.0. The molecular weight excluding hydrogens is 364 g/mol. The molecule has 0 N–H and O–H groups in total. The van der Waals surface area contributed by atoms with Crippen LogP contribution in [-0.4, -0.2) is 61.3 Å². The molecule has 0 saturated carbocycles. The Morgan fingerprint density at radius 1 is 1.31 bits per heavy atom. The van der Waals surface area contributed by atoms with Gasteiger partial charge in [-0.05, 0) is 44.5 Å². The maximum Gasteiger partial charge on any atom is 0.192 e. The first kappa shape index (κ1) is 20.4. The van der Waals surface area contributed by atoms with Gasteiger partial charge in [0.1, 0.15) is 24.3 Å². The fraction of sp³-hybridized carbons (Fsp3) is 0.842. The lowest BCUT2D eigenvalue weighted by atomic mass is 10.1. The molecule has 3 heterocycles. The molecule has 4 atom stereocenters. The predicted octanol–water partition coefficient (Wildman–Crippen LogP) is 4.22. The summed E-state index contributed by atoms with van der Waals surface area (Å²) in [7, 11) is -1.78. The number of rotatable bonds is 4. The van der Waals surface area contributed by atoms with E-state index in [1.165, 1.54) is 5.57 Å². The number of fused-ring (bicyclic) bond motifs is 1. The maximum absolute atomic E-state index is 6.53. The van der Waals surface area contributed by atoms with Crippen LogP contribution in [0.5, 0.6) is 0 Å². The van der Waals surface area contributed by atoms with E-state index in [0.29, 0.717) is 6.67 Å². The zero-order valence-corrected chi connectivity index (χ0v) is 19.2. The smallest absolute Gasteiger partial charge is 0.192 e. The molecule has 3 aliphatic heterocycles. The van der Waals surface area contributed by atoms with Gasteiger partial charge >= 0.3 is 0 Å². The molecule has 2 fully saturated rings. The second kappa shape index (κ2) is 6.92. The lowest BCUT2D eigenvalue weighted by molar-refractivity contribution is -0.150. The molecule has 0 radical (unpaired) electrons. The van der Waals surface area contributed by atoms with Gasteiger partial charge in [0.05, 0.1) is 5.25 Å². The minimum absolute atomic E-state index is 0.0420. The summed E-state index contributed by atoms with van der Waals surface area (Å²) in [6.07, 6.45) is 4.22. The molecule has 0 bridgehead atoms. The van der Waals surface area contributed by atoms with Crippen LogP contribution in [0.2, 0.25) is 18.1 Å². The van der Waals surface area contributed by atoms with Crippen molar-refractivity contribution < 1.29 is 13.9 Å². The predicted molar refractivity (Wildman–Crippen MR) is 111 cm³/mol. The Morgan fingerprint density at radius 2 is 1.96 bits per heavy atom. The Hall–Kier alpha value is -0.343. The SMILES string of the molecule is CC1=CN([C@@H]2S[C@H](CO[Si](C)(C)C(C)(C)C)[C@H]3OC(C)(C)O[C@H]32)CN=C1. The third kappa shape index (κ3) is 4.07. The molecule has 7 heteroatoms. The zero-order chi connectivity index (χ0) is 19.3. The molecule has 0 aliphatic carbocycles. The van der Waals surface area contributed by atoms with Crippen LogP contribution in [0.25, 0.3) is 0 Å². The Balaban J connectivity index is 1.74. The van der Waals surface area contributed by atoms with Gasteiger partial charge in [0, 0.05) is 19.0 Å². The van der Waals surface area contributed by atoms with Crippen molar-refractivity contribution in [1.82, 2.24) is 4.90 Å². The van der Waals surface area contributed by atoms with Gasteiger partial charge in [-0.15, -0.1) is 11.8 Å². The van der Waals surface area contributed by atoms with Gasteiger partial charge in [0.2, 0.25) is 0 Å². The molecule has 0 aromatic heterocycles. The summed E-state index contributed by atoms with van der Waals surface area (Å²) in [5.41, 5.74) is 1.17. The lowest BCUT2D eigenvalue weighted by Gasteiger charge is -2.37. The molecule has 26 heavy (non-hydrogen) atoms. The average molecular weight is 399 g/mol. The number of hydrogen-bond donors (Lipinski definition) is 0. The van der Waals surface area contributed by atoms with Crippen molar-refractivity contribution >= 4 is 26.3 Å². The summed E-state index contributed by atoms with van der Waals surface area (Å²) in [4.78, 5) is 6.76. The van der Waals surface area contributed by atoms with Gasteiger partial charge in [-0.3, -0.25) is 4.99 Å². The summed E-state index contributed by atoms with van der Waals surface area (Å²) >= 11 is 1.92. The fourth-order valence-electron chi connectivity index (χ4n) is 3.34. The number of aliphatic imine (C=N–C) groups is 1. The largest absolute Gasteiger partial charge is 0.416 e. The van der Waals surface area contributed by atoms with Gasteiger partial charge in [-0.25, -0.2) is 0 Å². The molecule has 5 nitrogen and oxygen atoms in total. The lowest BCUT2D eigenvalue weighted by Crippen LogP contribution is -2.44. The molecule has 0 amide bonds. The van der Waals surface area contributed by atoms with Crippen LogP contribution in [0.15, 0.2) is 16.8 Å². The number of hydrogen-bond acceptors (Lipinski definition) is 6. The van der Waals surface area contributed by atoms with Crippen molar-refractivity contribution in [2.24, 2.45) is 4.99 Å². The van der Waals surface area contributed by atoms with Crippen LogP contribution in [-0.2, 0) is 13.9 Å². The fourth-order valence-corrected chi connectivity index (χ4v) is 6.01. The van der Waals surface area contributed by atoms with E-state index in [0.717, 1.165) is 6.61 Å². The van der Waals surface area contributed by atoms with Crippen molar-refractivity contribution in [1.29, 1.82) is 0 Å². The number of thioether (sulfide) groups is 1. The summed E-state index contributed by atoms with van der Waals surface area (Å²) in [5, 5.41) is 0.700. The maximum atomic E-state index is 6.53. The summed E-state index contributed by atoms with van der Waals surface area (Å²) < 4.78 is 19.1. The van der Waals surface area contributed by atoms with E-state index < -0.39 is 14.1 Å². The van der Waals surface area contributed by atoms with Crippen molar-refractivity contribution in [2.75, 3.05) is 13.3 Å². The molecule has 148 valence electrons. The molecule has 0 aromatic rings. The second-order valence-electron chi connectivity index (χ2n) is 9.54. The van der Waals surface area contributed by atoms with Crippen LogP contribution in [0, 0.1) is 0 Å². The highest BCUT2D eigenvalue weighted by atomic mass is 32.2. The van der Waals surface area contributed by atoms with E-state index in [9.17, 15) is 0 Å². The number of nitrogens with zero attached hydrogens (tertiary/aromatic N) is 2. The highest BCUT2D eigenvalue weighted by Gasteiger charge is 2.56. The zero-order valence-electron chi connectivity index (χ0n) is 17.4. The first-order valence-corrected chi connectivity index (χ1v) is 13.3. The Labute approximate surface area is 163 Å². The van der Waals surface area contributed by atoms with E-state index in [1.54, 1.807) is 0 Å². The Kier molecular flexibility index (Phi) is 5.43. The minimum atomic E-state index is -1.78. The van der Waals surface area contributed by atoms with Crippen molar-refractivity contribution in [3.63, 3.8) is 0 Å². The number of allylic oxidation sites excluding steroid dienone is 1. The minimum Gasteiger partial charge on any atom is -0.416 e. The van der Waals surface area contributed by atoms with Crippen LogP contribution >= 0.6 is 11.8 Å². The first-order valence-electron chi connectivity index (χ1n) is 9.49. The molecule has 3 rings (SSSR count). The molecule has 0 unspecified atom stereocenters. The molecule has 2 saturated heterocycles. The van der Waals surface area contributed by atoms with E-state index >= 15 is 0 Å². The molecular formula is C19H34N2O3SSi. The van der Waals surface area contributed by atoms with Gasteiger partial charge < -0.3 is 18.8 Å². The Morgan fingerprint density at radius 3 is 2.58 bits per heavy atom. The van der Waals surface area contributed by atoms with Crippen molar-refractivity contribution in [3.05, 3.63) is 11.8 Å². The quantitative estimate of drug-likeness (QED) is 0.664. The van der Waals surface area contributed by atoms with Gasteiger partial charge in [0.25, 0.3) is 0 Å². The second-order valence-corrected chi connectivity index (χ2v) is 15.7. The Bertz CT molecular complexity index is 600. The van der Waals surface area contributed by atoms with Crippen LogP contribution in [0.1, 0.15) is 41.5 Å². The topological polar surface area (TPSA) is 43.3 Å². The third-order valence-electron chi connectivity index (χ3n) is 5.78. The van der Waals surface area contributed by atoms with Crippen LogP contribution in [0.4, 0.5) is 0 Å². The summed E-state index contributed by atoms with van der Waals surface area (Å²) in [5.74, 6) is -0.540. The van der Waals surface area contributed by atoms with E-state index in [2.05, 4.69) is 56.9 Å². The van der Waals surface area contributed by atoms with Crippen LogP contribution in [0.3, 0.4) is 0 Å². The van der Waals surface area contributed by atoms with Crippen LogP contribution < -0.4 is 0 Å². The normalized spacial score (nSPS) is 34.2. The molecule has 0 aromatic carbocycles. The standard InChI is InChI=1S/C19H34N2O3SSi/c1-13-9-20-12-21(10-13)17-16-15(23-19(5,6)24-16)14(25-17)11-22-26(7,8)18(2,3)4/h9-10,14-17H,11-12H2,1-8H3/t14-,15-,16-,17-/m1/s1. The summed E-state index contributed by atoms with van der Waals surface area (Å²) in [6, 6.07) is 0. The number of ether oxygens (including phenoxy) is 2. The molecule has 0 spiro atoms. The monoisotopic (exact) mass is 398 g/mol. The molecule has 3 aliphatic rings. The van der Waals surface area contributed by atoms with E-state index in [4.69, 9.17) is 13.9 Å². The van der Waals surface area contributed by atoms with E-state index in [-0.39, 0.29) is 27.9 Å². The van der Waals surface area contributed by atoms with Crippen molar-refractivity contribution in [2.45, 2.75) is 88.3 Å². The highest BCUT2D eigenvalue weighted by molar-refractivity contribution is 8.00. The van der Waals surface area contributed by atoms with Crippen molar-refractivity contribution in [3.8, 4) is 0 Å². The van der Waals surface area contributed by atoms with Gasteiger partial charge in [-0.1, -0.05) is 20.8 Å².